The van der Waals surface area contributed by atoms with Crippen LogP contribution in [0.25, 0.3) is 6.08 Å². The van der Waals surface area contributed by atoms with Crippen molar-refractivity contribution in [1.82, 2.24) is 14.9 Å². The summed E-state index contributed by atoms with van der Waals surface area (Å²) < 4.78 is 0. The van der Waals surface area contributed by atoms with Gasteiger partial charge in [0, 0.05) is 24.4 Å². The lowest BCUT2D eigenvalue weighted by molar-refractivity contribution is -0.126. The zero-order chi connectivity index (χ0) is 13.9. The summed E-state index contributed by atoms with van der Waals surface area (Å²) in [5.74, 6) is 0.211. The molecule has 0 fully saturated rings. The van der Waals surface area contributed by atoms with Gasteiger partial charge in [0.2, 0.25) is 11.9 Å². The first-order valence-electron chi connectivity index (χ1n) is 6.35. The second-order valence-electron chi connectivity index (χ2n) is 4.64. The zero-order valence-corrected chi connectivity index (χ0v) is 10.9. The molecular formula is C15H14N4O. The van der Waals surface area contributed by atoms with Gasteiger partial charge in [0.1, 0.15) is 0 Å². The lowest BCUT2D eigenvalue weighted by atomic mass is 10.2. The summed E-state index contributed by atoms with van der Waals surface area (Å²) in [6, 6.07) is 9.73. The van der Waals surface area contributed by atoms with Crippen molar-refractivity contribution < 1.29 is 4.79 Å². The molecule has 1 aliphatic heterocycles. The summed E-state index contributed by atoms with van der Waals surface area (Å²) in [6.07, 6.45) is 5.08. The lowest BCUT2D eigenvalue weighted by Crippen LogP contribution is -2.23. The summed E-state index contributed by atoms with van der Waals surface area (Å²) in [5.41, 5.74) is 8.34. The van der Waals surface area contributed by atoms with Crippen molar-refractivity contribution >= 4 is 17.9 Å². The summed E-state index contributed by atoms with van der Waals surface area (Å²) in [4.78, 5) is 22.0. The fourth-order valence-electron chi connectivity index (χ4n) is 2.16. The van der Waals surface area contributed by atoms with Crippen LogP contribution in [-0.4, -0.2) is 20.8 Å². The number of nitrogens with two attached hydrogens (primary N) is 1. The van der Waals surface area contributed by atoms with Crippen LogP contribution in [0, 0.1) is 0 Å². The van der Waals surface area contributed by atoms with E-state index in [9.17, 15) is 4.79 Å². The highest BCUT2D eigenvalue weighted by atomic mass is 16.2. The minimum absolute atomic E-state index is 0.0366. The van der Waals surface area contributed by atoms with Crippen molar-refractivity contribution in [3.8, 4) is 0 Å². The molecule has 0 radical (unpaired) electrons. The monoisotopic (exact) mass is 266 g/mol. The van der Waals surface area contributed by atoms with Gasteiger partial charge in [-0.2, -0.15) is 0 Å². The van der Waals surface area contributed by atoms with Gasteiger partial charge in [0.15, 0.2) is 0 Å². The summed E-state index contributed by atoms with van der Waals surface area (Å²) in [5, 5.41) is 0. The van der Waals surface area contributed by atoms with E-state index < -0.39 is 0 Å². The van der Waals surface area contributed by atoms with Crippen molar-refractivity contribution in [2.45, 2.75) is 13.1 Å². The molecule has 1 aliphatic rings. The van der Waals surface area contributed by atoms with E-state index in [1.807, 2.05) is 36.4 Å². The number of anilines is 1. The van der Waals surface area contributed by atoms with Gasteiger partial charge < -0.3 is 10.6 Å². The van der Waals surface area contributed by atoms with E-state index in [1.54, 1.807) is 17.2 Å². The molecule has 1 aromatic heterocycles. The number of nitrogen functional groups attached to an aromatic ring is 1. The maximum absolute atomic E-state index is 12.1. The van der Waals surface area contributed by atoms with Crippen molar-refractivity contribution in [2.24, 2.45) is 0 Å². The topological polar surface area (TPSA) is 72.1 Å². The molecule has 2 N–H and O–H groups in total. The molecule has 0 saturated heterocycles. The Morgan fingerprint density at radius 3 is 2.85 bits per heavy atom. The van der Waals surface area contributed by atoms with Crippen LogP contribution < -0.4 is 5.73 Å². The van der Waals surface area contributed by atoms with E-state index >= 15 is 0 Å². The molecule has 3 rings (SSSR count). The van der Waals surface area contributed by atoms with Gasteiger partial charge in [-0.05, 0) is 11.6 Å². The average Bonchev–Trinajstić information content (AvgIpc) is 2.89. The molecule has 100 valence electrons. The molecule has 1 amide bonds. The van der Waals surface area contributed by atoms with Gasteiger partial charge in [-0.1, -0.05) is 30.3 Å². The largest absolute Gasteiger partial charge is 0.368 e. The third-order valence-corrected chi connectivity index (χ3v) is 3.20. The van der Waals surface area contributed by atoms with Crippen LogP contribution in [0.4, 0.5) is 5.95 Å². The lowest BCUT2D eigenvalue weighted by Gasteiger charge is -2.11. The molecule has 0 spiro atoms. The number of carbonyl (C=O) groups excluding carboxylic acids is 1. The molecular weight excluding hydrogens is 252 g/mol. The Balaban J connectivity index is 1.70. The van der Waals surface area contributed by atoms with E-state index in [-0.39, 0.29) is 11.9 Å². The Morgan fingerprint density at radius 2 is 2.05 bits per heavy atom. The zero-order valence-electron chi connectivity index (χ0n) is 10.9. The number of aromatic nitrogens is 2. The first-order valence-corrected chi connectivity index (χ1v) is 6.35. The molecule has 5 nitrogen and oxygen atoms in total. The fraction of sp³-hybridized carbons (Fsp3) is 0.133. The van der Waals surface area contributed by atoms with E-state index in [2.05, 4.69) is 9.97 Å². The van der Waals surface area contributed by atoms with Crippen LogP contribution in [0.2, 0.25) is 0 Å². The third-order valence-electron chi connectivity index (χ3n) is 3.20. The molecule has 5 heteroatoms. The van der Waals surface area contributed by atoms with Crippen LogP contribution >= 0.6 is 0 Å². The second-order valence-corrected chi connectivity index (χ2v) is 4.64. The van der Waals surface area contributed by atoms with Crippen LogP contribution in [0.5, 0.6) is 0 Å². The van der Waals surface area contributed by atoms with Crippen molar-refractivity contribution in [1.29, 1.82) is 0 Å². The van der Waals surface area contributed by atoms with E-state index in [0.717, 1.165) is 16.8 Å². The average molecular weight is 266 g/mol. The highest BCUT2D eigenvalue weighted by molar-refractivity contribution is 5.92. The summed E-state index contributed by atoms with van der Waals surface area (Å²) in [7, 11) is 0. The Bertz CT molecular complexity index is 667. The van der Waals surface area contributed by atoms with Crippen molar-refractivity contribution in [3.05, 3.63) is 59.4 Å². The van der Waals surface area contributed by atoms with Crippen LogP contribution in [0.3, 0.4) is 0 Å². The predicted molar refractivity (Wildman–Crippen MR) is 76.2 cm³/mol. The minimum Gasteiger partial charge on any atom is -0.368 e. The predicted octanol–water partition coefficient (Wildman–Crippen LogP) is 1.61. The minimum atomic E-state index is -0.0366. The van der Waals surface area contributed by atoms with E-state index in [0.29, 0.717) is 13.1 Å². The van der Waals surface area contributed by atoms with Gasteiger partial charge in [0.05, 0.1) is 12.2 Å². The first kappa shape index (κ1) is 12.3. The third kappa shape index (κ3) is 2.51. The standard InChI is InChI=1S/C15H14N4O/c16-15-17-8-12-9-19(10-13(12)18-15)14(20)7-6-11-4-2-1-3-5-11/h1-8H,9-10H2,(H2,16,17,18). The number of amides is 1. The Hall–Kier alpha value is -2.69. The van der Waals surface area contributed by atoms with Crippen LogP contribution in [0.15, 0.2) is 42.6 Å². The summed E-state index contributed by atoms with van der Waals surface area (Å²) in [6.45, 7) is 1.02. The van der Waals surface area contributed by atoms with Gasteiger partial charge in [-0.15, -0.1) is 0 Å². The molecule has 20 heavy (non-hydrogen) atoms. The molecule has 0 aliphatic carbocycles. The number of hydrogen-bond acceptors (Lipinski definition) is 4. The SMILES string of the molecule is Nc1ncc2c(n1)CN(C(=O)C=Cc1ccccc1)C2. The Labute approximate surface area is 116 Å². The normalized spacial score (nSPS) is 13.7. The molecule has 0 atom stereocenters. The van der Waals surface area contributed by atoms with E-state index in [1.165, 1.54) is 0 Å². The highest BCUT2D eigenvalue weighted by Gasteiger charge is 2.23. The van der Waals surface area contributed by atoms with Gasteiger partial charge in [-0.3, -0.25) is 4.79 Å². The Kier molecular flexibility index (Phi) is 3.16. The number of rotatable bonds is 2. The molecule has 0 bridgehead atoms. The molecule has 0 saturated carbocycles. The molecule has 0 unspecified atom stereocenters. The maximum Gasteiger partial charge on any atom is 0.247 e. The fourth-order valence-corrected chi connectivity index (χ4v) is 2.16. The second kappa shape index (κ2) is 5.13. The quantitative estimate of drug-likeness (QED) is 0.838. The van der Waals surface area contributed by atoms with Gasteiger partial charge in [-0.25, -0.2) is 9.97 Å². The number of benzene rings is 1. The van der Waals surface area contributed by atoms with Gasteiger partial charge in [0.25, 0.3) is 0 Å². The number of nitrogens with zero attached hydrogens (tertiary/aromatic N) is 3. The smallest absolute Gasteiger partial charge is 0.247 e. The molecule has 2 heterocycles. The number of carbonyl (C=O) groups is 1. The van der Waals surface area contributed by atoms with Crippen LogP contribution in [-0.2, 0) is 17.9 Å². The number of fused-ring (bicyclic) bond motifs is 1. The Morgan fingerprint density at radius 1 is 1.25 bits per heavy atom. The first-order chi connectivity index (χ1) is 9.72. The summed E-state index contributed by atoms with van der Waals surface area (Å²) >= 11 is 0. The highest BCUT2D eigenvalue weighted by Crippen LogP contribution is 2.21. The molecule has 1 aromatic carbocycles. The van der Waals surface area contributed by atoms with Gasteiger partial charge >= 0.3 is 0 Å². The van der Waals surface area contributed by atoms with Crippen LogP contribution in [0.1, 0.15) is 16.8 Å². The van der Waals surface area contributed by atoms with E-state index in [4.69, 9.17) is 5.73 Å². The van der Waals surface area contributed by atoms with Crippen molar-refractivity contribution in [2.75, 3.05) is 5.73 Å². The van der Waals surface area contributed by atoms with Crippen molar-refractivity contribution in [3.63, 3.8) is 0 Å². The molecule has 2 aromatic rings. The maximum atomic E-state index is 12.1. The number of hydrogen-bond donors (Lipinski definition) is 1.